The summed E-state index contributed by atoms with van der Waals surface area (Å²) < 4.78 is 0. The lowest BCUT2D eigenvalue weighted by Crippen LogP contribution is -2.24. The SMILES string of the molecule is CNC1(c2cc(C)ccc2Cl)CC1. The molecule has 1 aromatic rings. The van der Waals surface area contributed by atoms with Gasteiger partial charge in [-0.05, 0) is 38.4 Å². The van der Waals surface area contributed by atoms with Crippen molar-refractivity contribution in [2.24, 2.45) is 0 Å². The summed E-state index contributed by atoms with van der Waals surface area (Å²) in [5.74, 6) is 0. The first-order chi connectivity index (χ1) is 6.18. The fraction of sp³-hybridized carbons (Fsp3) is 0.455. The van der Waals surface area contributed by atoms with Crippen LogP contribution in [0.15, 0.2) is 18.2 Å². The van der Waals surface area contributed by atoms with Gasteiger partial charge in [0.2, 0.25) is 0 Å². The number of halogens is 1. The predicted molar refractivity (Wildman–Crippen MR) is 56.2 cm³/mol. The number of nitrogens with one attached hydrogen (secondary N) is 1. The molecule has 2 heteroatoms. The van der Waals surface area contributed by atoms with Crippen molar-refractivity contribution in [2.45, 2.75) is 25.3 Å². The van der Waals surface area contributed by atoms with Gasteiger partial charge in [0.15, 0.2) is 0 Å². The zero-order valence-electron chi connectivity index (χ0n) is 8.02. The predicted octanol–water partition coefficient (Wildman–Crippen LogP) is 2.86. The van der Waals surface area contributed by atoms with Crippen LogP contribution in [-0.2, 0) is 5.54 Å². The Morgan fingerprint density at radius 3 is 2.62 bits per heavy atom. The minimum Gasteiger partial charge on any atom is -0.310 e. The number of benzene rings is 1. The molecule has 0 heterocycles. The highest BCUT2D eigenvalue weighted by molar-refractivity contribution is 6.31. The monoisotopic (exact) mass is 195 g/mol. The van der Waals surface area contributed by atoms with E-state index in [-0.39, 0.29) is 5.54 Å². The summed E-state index contributed by atoms with van der Waals surface area (Å²) in [5.41, 5.74) is 2.72. The van der Waals surface area contributed by atoms with Crippen molar-refractivity contribution in [2.75, 3.05) is 7.05 Å². The summed E-state index contributed by atoms with van der Waals surface area (Å²) in [6.45, 7) is 2.10. The van der Waals surface area contributed by atoms with Gasteiger partial charge in [0.05, 0.1) is 0 Å². The van der Waals surface area contributed by atoms with Crippen LogP contribution in [0.3, 0.4) is 0 Å². The quantitative estimate of drug-likeness (QED) is 0.766. The van der Waals surface area contributed by atoms with E-state index in [0.29, 0.717) is 0 Å². The van der Waals surface area contributed by atoms with Crippen LogP contribution < -0.4 is 5.32 Å². The Bertz CT molecular complexity index is 329. The maximum absolute atomic E-state index is 6.16. The van der Waals surface area contributed by atoms with Crippen LogP contribution in [-0.4, -0.2) is 7.05 Å². The lowest BCUT2D eigenvalue weighted by molar-refractivity contribution is 0.585. The van der Waals surface area contributed by atoms with Gasteiger partial charge in [-0.2, -0.15) is 0 Å². The van der Waals surface area contributed by atoms with Gasteiger partial charge in [-0.25, -0.2) is 0 Å². The fourth-order valence-corrected chi connectivity index (χ4v) is 2.08. The molecule has 1 N–H and O–H groups in total. The minimum absolute atomic E-state index is 0.184. The summed E-state index contributed by atoms with van der Waals surface area (Å²) in [4.78, 5) is 0. The number of aryl methyl sites for hydroxylation is 1. The molecule has 1 aliphatic carbocycles. The standard InChI is InChI=1S/C11H14ClN/c1-8-3-4-10(12)9(7-8)11(13-2)5-6-11/h3-4,7,13H,5-6H2,1-2H3. The summed E-state index contributed by atoms with van der Waals surface area (Å²) in [6, 6.07) is 6.23. The van der Waals surface area contributed by atoms with E-state index in [2.05, 4.69) is 24.4 Å². The van der Waals surface area contributed by atoms with Gasteiger partial charge in [-0.3, -0.25) is 0 Å². The van der Waals surface area contributed by atoms with Crippen molar-refractivity contribution in [1.82, 2.24) is 5.32 Å². The Hall–Kier alpha value is -0.530. The largest absolute Gasteiger partial charge is 0.310 e. The lowest BCUT2D eigenvalue weighted by atomic mass is 10.0. The molecule has 0 atom stereocenters. The molecular weight excluding hydrogens is 182 g/mol. The van der Waals surface area contributed by atoms with Gasteiger partial charge < -0.3 is 5.32 Å². The Kier molecular flexibility index (Phi) is 2.09. The first kappa shape index (κ1) is 9.04. The Morgan fingerprint density at radius 1 is 1.38 bits per heavy atom. The summed E-state index contributed by atoms with van der Waals surface area (Å²) in [7, 11) is 2.01. The summed E-state index contributed by atoms with van der Waals surface area (Å²) in [6.07, 6.45) is 2.40. The molecule has 1 saturated carbocycles. The Labute approximate surface area is 84.1 Å². The molecule has 0 radical (unpaired) electrons. The minimum atomic E-state index is 0.184. The number of hydrogen-bond donors (Lipinski definition) is 1. The van der Waals surface area contributed by atoms with Crippen LogP contribution in [0, 0.1) is 6.92 Å². The molecule has 2 rings (SSSR count). The molecular formula is C11H14ClN. The maximum atomic E-state index is 6.16. The van der Waals surface area contributed by atoms with E-state index in [1.807, 2.05) is 13.1 Å². The highest BCUT2D eigenvalue weighted by Crippen LogP contribution is 2.47. The van der Waals surface area contributed by atoms with Crippen LogP contribution in [0.5, 0.6) is 0 Å². The average Bonchev–Trinajstić information content (AvgIpc) is 2.90. The first-order valence-corrected chi connectivity index (χ1v) is 5.01. The highest BCUT2D eigenvalue weighted by atomic mass is 35.5. The third-order valence-corrected chi connectivity index (χ3v) is 3.20. The first-order valence-electron chi connectivity index (χ1n) is 4.63. The second kappa shape index (κ2) is 3.00. The Morgan fingerprint density at radius 2 is 2.08 bits per heavy atom. The van der Waals surface area contributed by atoms with Crippen LogP contribution in [0.2, 0.25) is 5.02 Å². The molecule has 0 amide bonds. The Balaban J connectivity index is 2.44. The second-order valence-electron chi connectivity index (χ2n) is 3.82. The van der Waals surface area contributed by atoms with Crippen molar-refractivity contribution >= 4 is 11.6 Å². The van der Waals surface area contributed by atoms with Gasteiger partial charge in [-0.15, -0.1) is 0 Å². The van der Waals surface area contributed by atoms with Crippen LogP contribution in [0.1, 0.15) is 24.0 Å². The molecule has 0 aromatic heterocycles. The molecule has 13 heavy (non-hydrogen) atoms. The van der Waals surface area contributed by atoms with Crippen molar-refractivity contribution in [3.8, 4) is 0 Å². The lowest BCUT2D eigenvalue weighted by Gasteiger charge is -2.16. The highest BCUT2D eigenvalue weighted by Gasteiger charge is 2.43. The molecule has 1 nitrogen and oxygen atoms in total. The second-order valence-corrected chi connectivity index (χ2v) is 4.22. The molecule has 1 aromatic carbocycles. The van der Waals surface area contributed by atoms with Gasteiger partial charge >= 0.3 is 0 Å². The third kappa shape index (κ3) is 1.47. The molecule has 1 aliphatic rings. The van der Waals surface area contributed by atoms with Crippen LogP contribution >= 0.6 is 11.6 Å². The molecule has 0 bridgehead atoms. The zero-order valence-corrected chi connectivity index (χ0v) is 8.78. The summed E-state index contributed by atoms with van der Waals surface area (Å²) >= 11 is 6.16. The van der Waals surface area contributed by atoms with Crippen molar-refractivity contribution in [1.29, 1.82) is 0 Å². The molecule has 0 aliphatic heterocycles. The fourth-order valence-electron chi connectivity index (χ4n) is 1.78. The van der Waals surface area contributed by atoms with Gasteiger partial charge in [0.25, 0.3) is 0 Å². The molecule has 0 unspecified atom stereocenters. The van der Waals surface area contributed by atoms with E-state index < -0.39 is 0 Å². The molecule has 1 fully saturated rings. The third-order valence-electron chi connectivity index (χ3n) is 2.87. The van der Waals surface area contributed by atoms with Gasteiger partial charge in [0, 0.05) is 10.6 Å². The van der Waals surface area contributed by atoms with Crippen molar-refractivity contribution in [3.05, 3.63) is 34.3 Å². The van der Waals surface area contributed by atoms with E-state index in [1.165, 1.54) is 24.0 Å². The summed E-state index contributed by atoms with van der Waals surface area (Å²) in [5, 5.41) is 4.24. The van der Waals surface area contributed by atoms with Crippen LogP contribution in [0.4, 0.5) is 0 Å². The molecule has 0 spiro atoms. The van der Waals surface area contributed by atoms with Crippen LogP contribution in [0.25, 0.3) is 0 Å². The zero-order chi connectivity index (χ0) is 9.47. The normalized spacial score (nSPS) is 18.7. The van der Waals surface area contributed by atoms with Crippen molar-refractivity contribution in [3.63, 3.8) is 0 Å². The van der Waals surface area contributed by atoms with E-state index in [0.717, 1.165) is 5.02 Å². The maximum Gasteiger partial charge on any atom is 0.0456 e. The van der Waals surface area contributed by atoms with Gasteiger partial charge in [0.1, 0.15) is 0 Å². The van der Waals surface area contributed by atoms with Crippen molar-refractivity contribution < 1.29 is 0 Å². The number of rotatable bonds is 2. The smallest absolute Gasteiger partial charge is 0.0456 e. The molecule has 70 valence electrons. The number of hydrogen-bond acceptors (Lipinski definition) is 1. The van der Waals surface area contributed by atoms with Gasteiger partial charge in [-0.1, -0.05) is 29.3 Å². The van der Waals surface area contributed by atoms with E-state index in [4.69, 9.17) is 11.6 Å². The molecule has 0 saturated heterocycles. The average molecular weight is 196 g/mol. The topological polar surface area (TPSA) is 12.0 Å². The van der Waals surface area contributed by atoms with E-state index in [1.54, 1.807) is 0 Å². The van der Waals surface area contributed by atoms with E-state index in [9.17, 15) is 0 Å². The van der Waals surface area contributed by atoms with E-state index >= 15 is 0 Å².